The lowest BCUT2D eigenvalue weighted by molar-refractivity contribution is -0.144. The van der Waals surface area contributed by atoms with E-state index in [2.05, 4.69) is 57.1 Å². The van der Waals surface area contributed by atoms with E-state index in [0.29, 0.717) is 43.5 Å². The molecule has 2 amide bonds. The van der Waals surface area contributed by atoms with Gasteiger partial charge < -0.3 is 40.8 Å². The number of hydrogen-bond donors (Lipinski definition) is 4. The molecular weight excluding hydrogens is 634 g/mol. The topological polar surface area (TPSA) is 144 Å². The van der Waals surface area contributed by atoms with Crippen LogP contribution in [-0.4, -0.2) is 99.0 Å². The first-order valence-corrected chi connectivity index (χ1v) is 18.6. The van der Waals surface area contributed by atoms with Crippen molar-refractivity contribution in [3.8, 4) is 0 Å². The summed E-state index contributed by atoms with van der Waals surface area (Å²) < 4.78 is 17.2. The second kappa shape index (κ2) is 22.1. The smallest absolute Gasteiger partial charge is 0.322 e. The fourth-order valence-corrected chi connectivity index (χ4v) is 6.50. The fraction of sp³-hybridized carbons (Fsp3) is 0.718. The number of nitrogens with zero attached hydrogens (tertiary/aromatic N) is 1. The van der Waals surface area contributed by atoms with Crippen molar-refractivity contribution in [2.45, 2.75) is 129 Å². The molecule has 0 saturated carbocycles. The molecule has 1 heterocycles. The summed E-state index contributed by atoms with van der Waals surface area (Å²) in [6.07, 6.45) is 3.29. The van der Waals surface area contributed by atoms with E-state index in [-0.39, 0.29) is 61.1 Å². The summed E-state index contributed by atoms with van der Waals surface area (Å²) in [6, 6.07) is 8.72. The maximum atomic E-state index is 14.0. The van der Waals surface area contributed by atoms with Gasteiger partial charge in [-0.25, -0.2) is 0 Å². The third-order valence-electron chi connectivity index (χ3n) is 10.3. The van der Waals surface area contributed by atoms with Crippen LogP contribution in [0.1, 0.15) is 86.1 Å². The number of nitrogens with one attached hydrogen (secondary N) is 3. The standard InChI is InChI=1S/C39H67N5O6/c1-11-26(4)36(43-29(7)25(2)3)34(48-9)24-35(45)44-21-15-19-33(44)37(49-10)27(5)30(8)42-32(23-31-17-13-12-14-18-31)38(46)41-20-16-22-50-39(47)28(6)40/h12-14,17-18,25-29,32-34,36-37,42-43H,8,11,15-16,19-24,40H2,1-7,9-10H3,(H,41,46)/t26-,27-,28-,29-,32-,33-,34+,36-,37+/m0/s1. The molecule has 0 bridgehead atoms. The molecule has 284 valence electrons. The number of ether oxygens (including phenoxy) is 3. The molecule has 0 radical (unpaired) electrons. The molecule has 0 aromatic heterocycles. The normalized spacial score (nSPS) is 19.5. The number of nitrogens with two attached hydrogens (primary N) is 1. The minimum absolute atomic E-state index is 0.0471. The number of carbonyl (C=O) groups excluding carboxylic acids is 3. The third kappa shape index (κ3) is 13.3. The van der Waals surface area contributed by atoms with E-state index in [9.17, 15) is 14.4 Å². The first-order valence-electron chi connectivity index (χ1n) is 18.6. The Kier molecular flexibility index (Phi) is 19.0. The second-order valence-corrected chi connectivity index (χ2v) is 14.4. The lowest BCUT2D eigenvalue weighted by atomic mass is 9.89. The Morgan fingerprint density at radius 3 is 2.30 bits per heavy atom. The Bertz CT molecular complexity index is 1180. The van der Waals surface area contributed by atoms with Gasteiger partial charge in [-0.2, -0.15) is 0 Å². The van der Waals surface area contributed by atoms with E-state index in [0.717, 1.165) is 24.8 Å². The summed E-state index contributed by atoms with van der Waals surface area (Å²) in [4.78, 5) is 41.1. The number of amides is 2. The summed E-state index contributed by atoms with van der Waals surface area (Å²) in [5.74, 6) is -0.00672. The van der Waals surface area contributed by atoms with E-state index >= 15 is 0 Å². The van der Waals surface area contributed by atoms with Crippen LogP contribution in [-0.2, 0) is 35.0 Å². The number of esters is 1. The van der Waals surface area contributed by atoms with E-state index in [1.54, 1.807) is 21.1 Å². The van der Waals surface area contributed by atoms with Gasteiger partial charge in [-0.15, -0.1) is 0 Å². The van der Waals surface area contributed by atoms with Gasteiger partial charge in [0, 0.05) is 57.4 Å². The van der Waals surface area contributed by atoms with Crippen molar-refractivity contribution >= 4 is 17.8 Å². The molecule has 0 spiro atoms. The van der Waals surface area contributed by atoms with E-state index in [1.807, 2.05) is 42.2 Å². The number of hydrogen-bond acceptors (Lipinski definition) is 9. The van der Waals surface area contributed by atoms with Gasteiger partial charge in [-0.3, -0.25) is 14.4 Å². The molecular formula is C39H67N5O6. The van der Waals surface area contributed by atoms with Gasteiger partial charge in [-0.1, -0.05) is 78.0 Å². The van der Waals surface area contributed by atoms with Crippen LogP contribution in [0.5, 0.6) is 0 Å². The minimum Gasteiger partial charge on any atom is -0.464 e. The monoisotopic (exact) mass is 702 g/mol. The van der Waals surface area contributed by atoms with Crippen LogP contribution in [0.2, 0.25) is 0 Å². The average Bonchev–Trinajstić information content (AvgIpc) is 3.58. The van der Waals surface area contributed by atoms with Crippen molar-refractivity contribution in [1.29, 1.82) is 0 Å². The highest BCUT2D eigenvalue weighted by atomic mass is 16.5. The number of likely N-dealkylation sites (tertiary alicyclic amines) is 1. The number of rotatable bonds is 23. The SMILES string of the molecule is C=C(N[C@@H](Cc1ccccc1)C(=O)NCCCOC(=O)[C@H](C)N)[C@H](C)[C@@H](OC)[C@@H]1CCCN1C(=O)C[C@@H](OC)[C@@H](N[C@@H](C)C(C)C)[C@@H](C)CC. The molecule has 11 nitrogen and oxygen atoms in total. The first kappa shape index (κ1) is 43.2. The molecule has 1 aromatic carbocycles. The maximum absolute atomic E-state index is 14.0. The number of benzene rings is 1. The highest BCUT2D eigenvalue weighted by molar-refractivity contribution is 5.82. The lowest BCUT2D eigenvalue weighted by Crippen LogP contribution is -2.53. The van der Waals surface area contributed by atoms with Crippen LogP contribution in [0.15, 0.2) is 42.6 Å². The molecule has 5 N–H and O–H groups in total. The fourth-order valence-electron chi connectivity index (χ4n) is 6.50. The lowest BCUT2D eigenvalue weighted by Gasteiger charge is -2.38. The molecule has 1 aromatic rings. The van der Waals surface area contributed by atoms with Crippen LogP contribution < -0.4 is 21.7 Å². The van der Waals surface area contributed by atoms with Gasteiger partial charge in [0.15, 0.2) is 0 Å². The molecule has 0 aliphatic carbocycles. The van der Waals surface area contributed by atoms with Crippen molar-refractivity contribution in [2.24, 2.45) is 23.5 Å². The van der Waals surface area contributed by atoms with E-state index < -0.39 is 18.1 Å². The van der Waals surface area contributed by atoms with Crippen molar-refractivity contribution < 1.29 is 28.6 Å². The van der Waals surface area contributed by atoms with Crippen molar-refractivity contribution in [1.82, 2.24) is 20.9 Å². The predicted molar refractivity (Wildman–Crippen MR) is 199 cm³/mol. The van der Waals surface area contributed by atoms with Crippen molar-refractivity contribution in [3.63, 3.8) is 0 Å². The third-order valence-corrected chi connectivity index (χ3v) is 10.3. The Morgan fingerprint density at radius 2 is 1.72 bits per heavy atom. The van der Waals surface area contributed by atoms with Crippen LogP contribution in [0, 0.1) is 17.8 Å². The van der Waals surface area contributed by atoms with E-state index in [4.69, 9.17) is 19.9 Å². The Balaban J connectivity index is 2.15. The molecule has 0 unspecified atom stereocenters. The second-order valence-electron chi connectivity index (χ2n) is 14.4. The highest BCUT2D eigenvalue weighted by Gasteiger charge is 2.40. The molecule has 2 rings (SSSR count). The zero-order valence-corrected chi connectivity index (χ0v) is 32.2. The van der Waals surface area contributed by atoms with Crippen LogP contribution in [0.25, 0.3) is 0 Å². The van der Waals surface area contributed by atoms with Gasteiger partial charge in [0.2, 0.25) is 11.8 Å². The van der Waals surface area contributed by atoms with Gasteiger partial charge in [0.1, 0.15) is 12.1 Å². The molecule has 1 fully saturated rings. The molecule has 11 heteroatoms. The zero-order valence-electron chi connectivity index (χ0n) is 32.2. The molecule has 1 aliphatic heterocycles. The molecule has 50 heavy (non-hydrogen) atoms. The van der Waals surface area contributed by atoms with E-state index in [1.165, 1.54) is 0 Å². The number of methoxy groups -OCH3 is 2. The minimum atomic E-state index is -0.688. The van der Waals surface area contributed by atoms with Gasteiger partial charge in [-0.05, 0) is 50.5 Å². The van der Waals surface area contributed by atoms with Crippen LogP contribution >= 0.6 is 0 Å². The highest BCUT2D eigenvalue weighted by Crippen LogP contribution is 2.30. The average molecular weight is 702 g/mol. The summed E-state index contributed by atoms with van der Waals surface area (Å²) in [7, 11) is 3.38. The maximum Gasteiger partial charge on any atom is 0.322 e. The van der Waals surface area contributed by atoms with Gasteiger partial charge >= 0.3 is 5.97 Å². The van der Waals surface area contributed by atoms with Gasteiger partial charge in [0.05, 0.1) is 31.3 Å². The Morgan fingerprint density at radius 1 is 1.04 bits per heavy atom. The Labute approximate surface area is 301 Å². The van der Waals surface area contributed by atoms with Crippen molar-refractivity contribution in [2.75, 3.05) is 33.9 Å². The van der Waals surface area contributed by atoms with Gasteiger partial charge in [0.25, 0.3) is 0 Å². The molecule has 9 atom stereocenters. The number of carbonyl (C=O) groups is 3. The largest absolute Gasteiger partial charge is 0.464 e. The quantitative estimate of drug-likeness (QED) is 0.0976. The Hall–Kier alpha value is -2.99. The predicted octanol–water partition coefficient (Wildman–Crippen LogP) is 4.19. The molecule has 1 saturated heterocycles. The van der Waals surface area contributed by atoms with Crippen LogP contribution in [0.3, 0.4) is 0 Å². The van der Waals surface area contributed by atoms with Crippen LogP contribution in [0.4, 0.5) is 0 Å². The summed E-state index contributed by atoms with van der Waals surface area (Å²) in [5, 5.41) is 10.1. The molecule has 1 aliphatic rings. The summed E-state index contributed by atoms with van der Waals surface area (Å²) in [6.45, 7) is 20.1. The summed E-state index contributed by atoms with van der Waals surface area (Å²) >= 11 is 0. The first-order chi connectivity index (χ1) is 23.7. The van der Waals surface area contributed by atoms with Crippen molar-refractivity contribution in [3.05, 3.63) is 48.2 Å². The summed E-state index contributed by atoms with van der Waals surface area (Å²) in [5.41, 5.74) is 7.22. The zero-order chi connectivity index (χ0) is 37.4.